The van der Waals surface area contributed by atoms with Gasteiger partial charge in [-0.25, -0.2) is 0 Å². The molecule has 1 N–H and O–H groups in total. The van der Waals surface area contributed by atoms with E-state index in [0.717, 1.165) is 36.1 Å². The van der Waals surface area contributed by atoms with Gasteiger partial charge in [0.15, 0.2) is 0 Å². The number of rotatable bonds is 7. The summed E-state index contributed by atoms with van der Waals surface area (Å²) in [6.45, 7) is 7.56. The van der Waals surface area contributed by atoms with Crippen molar-refractivity contribution in [2.24, 2.45) is 5.92 Å². The molecule has 0 radical (unpaired) electrons. The number of nitrogens with zero attached hydrogens (tertiary/aromatic N) is 1. The minimum Gasteiger partial charge on any atom is -0.371 e. The van der Waals surface area contributed by atoms with Crippen LogP contribution in [-0.4, -0.2) is 6.54 Å². The molecule has 0 aromatic heterocycles. The Bertz CT molecular complexity index is 654. The van der Waals surface area contributed by atoms with Crippen molar-refractivity contribution in [1.82, 2.24) is 5.32 Å². The lowest BCUT2D eigenvalue weighted by Crippen LogP contribution is -2.31. The van der Waals surface area contributed by atoms with Crippen LogP contribution in [0.2, 0.25) is 0 Å². The third kappa shape index (κ3) is 4.66. The molecular weight excluding hydrogens is 304 g/mol. The van der Waals surface area contributed by atoms with Crippen LogP contribution in [0.15, 0.2) is 67.0 Å². The average molecular weight is 335 g/mol. The summed E-state index contributed by atoms with van der Waals surface area (Å²) in [6, 6.07) is 19.3. The first-order chi connectivity index (χ1) is 12.3. The largest absolute Gasteiger partial charge is 0.371 e. The number of nitrogens with one attached hydrogen (secondary N) is 1. The Hall–Kier alpha value is -2.22. The molecule has 0 aliphatic heterocycles. The van der Waals surface area contributed by atoms with E-state index >= 15 is 0 Å². The minimum absolute atomic E-state index is 0.783. The van der Waals surface area contributed by atoms with Gasteiger partial charge in [0.2, 0.25) is 0 Å². The highest BCUT2D eigenvalue weighted by atomic mass is 15.2. The Morgan fingerprint density at radius 3 is 2.24 bits per heavy atom. The quantitative estimate of drug-likeness (QED) is 0.665. The fraction of sp³-hybridized carbons (Fsp3) is 0.391. The smallest absolute Gasteiger partial charge is 0.103 e. The van der Waals surface area contributed by atoms with Crippen molar-refractivity contribution in [3.63, 3.8) is 0 Å². The van der Waals surface area contributed by atoms with Crippen LogP contribution >= 0.6 is 0 Å². The molecule has 3 rings (SSSR count). The summed E-state index contributed by atoms with van der Waals surface area (Å²) in [5.41, 5.74) is 3.66. The van der Waals surface area contributed by atoms with Crippen molar-refractivity contribution in [1.29, 1.82) is 0 Å². The van der Waals surface area contributed by atoms with Crippen LogP contribution in [0.1, 0.15) is 44.6 Å². The Balaban J connectivity index is 1.76. The molecular formula is C23H30N2. The zero-order valence-electron chi connectivity index (χ0n) is 15.4. The van der Waals surface area contributed by atoms with Gasteiger partial charge in [-0.2, -0.15) is 0 Å². The normalized spacial score (nSPS) is 14.9. The van der Waals surface area contributed by atoms with Crippen LogP contribution in [0, 0.1) is 5.92 Å². The Morgan fingerprint density at radius 2 is 1.60 bits per heavy atom. The molecule has 2 aromatic carbocycles. The monoisotopic (exact) mass is 334 g/mol. The lowest BCUT2D eigenvalue weighted by molar-refractivity contribution is 0.350. The topological polar surface area (TPSA) is 15.3 Å². The van der Waals surface area contributed by atoms with Crippen molar-refractivity contribution in [2.75, 3.05) is 11.4 Å². The van der Waals surface area contributed by atoms with Gasteiger partial charge in [-0.3, -0.25) is 4.90 Å². The molecule has 0 atom stereocenters. The Kier molecular flexibility index (Phi) is 6.16. The van der Waals surface area contributed by atoms with Crippen molar-refractivity contribution < 1.29 is 0 Å². The fourth-order valence-electron chi connectivity index (χ4n) is 3.65. The maximum atomic E-state index is 4.35. The number of aryl methyl sites for hydroxylation is 1. The van der Waals surface area contributed by atoms with E-state index < -0.39 is 0 Å². The molecule has 132 valence electrons. The summed E-state index contributed by atoms with van der Waals surface area (Å²) in [7, 11) is 0. The number of para-hydroxylation sites is 1. The molecule has 1 saturated carbocycles. The number of hydrogen-bond donors (Lipinski definition) is 1. The van der Waals surface area contributed by atoms with Gasteiger partial charge in [-0.05, 0) is 55.0 Å². The molecule has 1 aliphatic carbocycles. The van der Waals surface area contributed by atoms with Crippen LogP contribution in [0.5, 0.6) is 0 Å². The van der Waals surface area contributed by atoms with Gasteiger partial charge in [0.25, 0.3) is 0 Å². The summed E-state index contributed by atoms with van der Waals surface area (Å²) in [5, 5.41) is 3.61. The molecule has 0 amide bonds. The highest BCUT2D eigenvalue weighted by Gasteiger charge is 2.16. The third-order valence-electron chi connectivity index (χ3n) is 5.21. The van der Waals surface area contributed by atoms with Crippen LogP contribution < -0.4 is 10.2 Å². The maximum Gasteiger partial charge on any atom is 0.103 e. The maximum absolute atomic E-state index is 4.35. The predicted molar refractivity (Wildman–Crippen MR) is 108 cm³/mol. The molecule has 2 nitrogen and oxygen atoms in total. The van der Waals surface area contributed by atoms with E-state index in [4.69, 9.17) is 0 Å². The van der Waals surface area contributed by atoms with Crippen molar-refractivity contribution in [3.05, 3.63) is 72.6 Å². The number of benzene rings is 2. The second kappa shape index (κ2) is 8.75. The van der Waals surface area contributed by atoms with Crippen LogP contribution in [-0.2, 0) is 6.42 Å². The molecule has 2 heteroatoms. The van der Waals surface area contributed by atoms with Crippen LogP contribution in [0.3, 0.4) is 0 Å². The molecule has 0 unspecified atom stereocenters. The molecule has 0 spiro atoms. The van der Waals surface area contributed by atoms with Crippen molar-refractivity contribution >= 4 is 11.4 Å². The lowest BCUT2D eigenvalue weighted by atomic mass is 9.89. The van der Waals surface area contributed by atoms with E-state index in [1.54, 1.807) is 0 Å². The average Bonchev–Trinajstić information content (AvgIpc) is 2.69. The van der Waals surface area contributed by atoms with E-state index in [1.807, 2.05) is 0 Å². The zero-order chi connectivity index (χ0) is 17.5. The van der Waals surface area contributed by atoms with E-state index in [2.05, 4.69) is 78.3 Å². The predicted octanol–water partition coefficient (Wildman–Crippen LogP) is 6.03. The molecule has 0 heterocycles. The molecule has 0 bridgehead atoms. The van der Waals surface area contributed by atoms with Gasteiger partial charge in [0.1, 0.15) is 5.82 Å². The molecule has 1 aliphatic rings. The van der Waals surface area contributed by atoms with E-state index in [-0.39, 0.29) is 0 Å². The molecule has 25 heavy (non-hydrogen) atoms. The van der Waals surface area contributed by atoms with Crippen molar-refractivity contribution in [3.8, 4) is 0 Å². The highest BCUT2D eigenvalue weighted by molar-refractivity contribution is 5.67. The Labute approximate surface area is 152 Å². The van der Waals surface area contributed by atoms with Gasteiger partial charge in [-0.1, -0.05) is 63.1 Å². The minimum atomic E-state index is 0.783. The highest BCUT2D eigenvalue weighted by Crippen LogP contribution is 2.29. The zero-order valence-corrected chi connectivity index (χ0v) is 15.4. The standard InChI is InChI=1S/C23H30N2/c1-3-20-14-16-23(17-15-20)25(22-12-8-5-9-13-22)19(2)24-18-21-10-6-4-7-11-21/h5,8-9,12-17,21,24H,2-4,6-7,10-11,18H2,1H3. The van der Waals surface area contributed by atoms with Crippen LogP contribution in [0.25, 0.3) is 0 Å². The van der Waals surface area contributed by atoms with E-state index in [1.165, 1.54) is 37.7 Å². The fourth-order valence-corrected chi connectivity index (χ4v) is 3.65. The summed E-state index contributed by atoms with van der Waals surface area (Å²) in [6.07, 6.45) is 7.90. The first-order valence-corrected chi connectivity index (χ1v) is 9.65. The molecule has 2 aromatic rings. The SMILES string of the molecule is C=C(NCC1CCCCC1)N(c1ccccc1)c1ccc(CC)cc1. The third-order valence-corrected chi connectivity index (χ3v) is 5.21. The summed E-state index contributed by atoms with van der Waals surface area (Å²) in [4.78, 5) is 2.22. The van der Waals surface area contributed by atoms with Crippen LogP contribution in [0.4, 0.5) is 11.4 Å². The van der Waals surface area contributed by atoms with E-state index in [0.29, 0.717) is 0 Å². The second-order valence-electron chi connectivity index (χ2n) is 7.02. The number of anilines is 2. The lowest BCUT2D eigenvalue weighted by Gasteiger charge is -2.30. The summed E-state index contributed by atoms with van der Waals surface area (Å²) >= 11 is 0. The number of hydrogen-bond acceptors (Lipinski definition) is 2. The van der Waals surface area contributed by atoms with Crippen molar-refractivity contribution in [2.45, 2.75) is 45.4 Å². The van der Waals surface area contributed by atoms with Gasteiger partial charge >= 0.3 is 0 Å². The van der Waals surface area contributed by atoms with Gasteiger partial charge < -0.3 is 5.32 Å². The molecule has 1 fully saturated rings. The second-order valence-corrected chi connectivity index (χ2v) is 7.02. The first-order valence-electron chi connectivity index (χ1n) is 9.65. The first kappa shape index (κ1) is 17.6. The summed E-state index contributed by atoms with van der Waals surface area (Å²) < 4.78 is 0. The molecule has 0 saturated heterocycles. The van der Waals surface area contributed by atoms with E-state index in [9.17, 15) is 0 Å². The van der Waals surface area contributed by atoms with Gasteiger partial charge in [-0.15, -0.1) is 0 Å². The van der Waals surface area contributed by atoms with Gasteiger partial charge in [0.05, 0.1) is 0 Å². The Morgan fingerprint density at radius 1 is 0.960 bits per heavy atom. The van der Waals surface area contributed by atoms with Gasteiger partial charge in [0, 0.05) is 17.9 Å². The summed E-state index contributed by atoms with van der Waals surface area (Å²) in [5.74, 6) is 1.74.